The van der Waals surface area contributed by atoms with E-state index in [9.17, 15) is 13.2 Å². The van der Waals surface area contributed by atoms with Crippen molar-refractivity contribution in [2.45, 2.75) is 38.6 Å². The Kier molecular flexibility index (Phi) is 6.05. The average molecular weight is 482 g/mol. The summed E-state index contributed by atoms with van der Waals surface area (Å²) in [5.41, 5.74) is 2.91. The number of nitrogens with zero attached hydrogens (tertiary/aromatic N) is 4. The van der Waals surface area contributed by atoms with Crippen LogP contribution in [0.1, 0.15) is 41.8 Å². The van der Waals surface area contributed by atoms with Crippen LogP contribution in [-0.4, -0.2) is 47.5 Å². The Morgan fingerprint density at radius 2 is 1.79 bits per heavy atom. The first-order chi connectivity index (χ1) is 16.0. The van der Waals surface area contributed by atoms with Crippen molar-refractivity contribution in [2.75, 3.05) is 19.4 Å². The Labute approximate surface area is 198 Å². The van der Waals surface area contributed by atoms with Crippen molar-refractivity contribution < 1.29 is 17.6 Å². The third-order valence-corrected chi connectivity index (χ3v) is 7.34. The average Bonchev–Trinajstić information content (AvgIpc) is 3.35. The lowest BCUT2D eigenvalue weighted by molar-refractivity contribution is 0.102. The minimum absolute atomic E-state index is 0.0505. The largest absolute Gasteiger partial charge is 0.466 e. The fourth-order valence-corrected chi connectivity index (χ4v) is 4.63. The summed E-state index contributed by atoms with van der Waals surface area (Å²) >= 11 is 0. The molecule has 1 amide bonds. The Balaban J connectivity index is 1.76. The molecule has 0 radical (unpaired) electrons. The van der Waals surface area contributed by atoms with Crippen LogP contribution in [0.4, 0.5) is 5.69 Å². The first-order valence-corrected chi connectivity index (χ1v) is 12.2. The van der Waals surface area contributed by atoms with Crippen molar-refractivity contribution in [3.63, 3.8) is 0 Å². The molecule has 0 saturated carbocycles. The maximum atomic E-state index is 13.3. The highest BCUT2D eigenvalue weighted by Crippen LogP contribution is 2.30. The molecule has 1 N–H and O–H groups in total. The second-order valence-corrected chi connectivity index (χ2v) is 10.7. The van der Waals surface area contributed by atoms with Crippen molar-refractivity contribution in [3.8, 4) is 11.3 Å². The normalized spacial score (nSPS) is 12.1. The van der Waals surface area contributed by atoms with Gasteiger partial charge in [-0.2, -0.15) is 5.10 Å². The summed E-state index contributed by atoms with van der Waals surface area (Å²) in [7, 11) is -0.614. The van der Waals surface area contributed by atoms with Gasteiger partial charge >= 0.3 is 0 Å². The van der Waals surface area contributed by atoms with Crippen molar-refractivity contribution in [1.29, 1.82) is 0 Å². The first kappa shape index (κ1) is 23.7. The second kappa shape index (κ2) is 8.69. The molecule has 0 atom stereocenters. The lowest BCUT2D eigenvalue weighted by Gasteiger charge is -2.13. The van der Waals surface area contributed by atoms with Crippen LogP contribution < -0.4 is 5.32 Å². The van der Waals surface area contributed by atoms with Gasteiger partial charge in [-0.1, -0.05) is 0 Å². The van der Waals surface area contributed by atoms with E-state index in [-0.39, 0.29) is 16.8 Å². The number of aromatic nitrogens is 3. The number of sulfonamides is 1. The van der Waals surface area contributed by atoms with E-state index in [0.717, 1.165) is 15.6 Å². The molecule has 10 heteroatoms. The molecule has 0 aliphatic carbocycles. The van der Waals surface area contributed by atoms with Gasteiger partial charge in [0.05, 0.1) is 27.7 Å². The Morgan fingerprint density at radius 3 is 2.35 bits per heavy atom. The molecule has 0 bridgehead atoms. The zero-order chi connectivity index (χ0) is 24.8. The minimum Gasteiger partial charge on any atom is -0.466 e. The fourth-order valence-electron chi connectivity index (χ4n) is 3.73. The smallest absolute Gasteiger partial charge is 0.256 e. The molecule has 0 saturated heterocycles. The molecule has 0 unspecified atom stereocenters. The molecule has 4 rings (SSSR count). The van der Waals surface area contributed by atoms with Crippen molar-refractivity contribution >= 4 is 32.7 Å². The van der Waals surface area contributed by atoms with Crippen molar-refractivity contribution in [1.82, 2.24) is 19.1 Å². The summed E-state index contributed by atoms with van der Waals surface area (Å²) < 4.78 is 33.2. The number of amides is 1. The molecule has 0 fully saturated rings. The second-order valence-electron chi connectivity index (χ2n) is 8.57. The third kappa shape index (κ3) is 4.22. The van der Waals surface area contributed by atoms with Gasteiger partial charge in [-0.25, -0.2) is 22.4 Å². The Hall–Kier alpha value is -3.50. The maximum Gasteiger partial charge on any atom is 0.256 e. The monoisotopic (exact) mass is 481 g/mol. The van der Waals surface area contributed by atoms with Gasteiger partial charge in [0.15, 0.2) is 5.65 Å². The number of hydrogen-bond acceptors (Lipinski definition) is 6. The quantitative estimate of drug-likeness (QED) is 0.437. The van der Waals surface area contributed by atoms with Gasteiger partial charge in [0.2, 0.25) is 10.0 Å². The molecular formula is C24H27N5O4S. The minimum atomic E-state index is -3.55. The van der Waals surface area contributed by atoms with Gasteiger partial charge < -0.3 is 9.73 Å². The fraction of sp³-hybridized carbons (Fsp3) is 0.292. The third-order valence-electron chi connectivity index (χ3n) is 5.51. The number of fused-ring (bicyclic) bond motifs is 1. The van der Waals surface area contributed by atoms with E-state index < -0.39 is 10.0 Å². The Bertz CT molecular complexity index is 1480. The number of benzene rings is 1. The summed E-state index contributed by atoms with van der Waals surface area (Å²) in [5.74, 6) is 1.12. The zero-order valence-corrected chi connectivity index (χ0v) is 20.8. The summed E-state index contributed by atoms with van der Waals surface area (Å²) in [5, 5.41) is 7.93. The maximum absolute atomic E-state index is 13.3. The molecule has 4 aromatic rings. The van der Waals surface area contributed by atoms with Gasteiger partial charge in [0.1, 0.15) is 11.5 Å². The number of aryl methyl sites for hydroxylation is 2. The molecule has 3 heterocycles. The lowest BCUT2D eigenvalue weighted by atomic mass is 10.1. The summed E-state index contributed by atoms with van der Waals surface area (Å²) in [4.78, 5) is 18.3. The highest BCUT2D eigenvalue weighted by atomic mass is 32.2. The van der Waals surface area contributed by atoms with Gasteiger partial charge in [-0.3, -0.25) is 4.79 Å². The van der Waals surface area contributed by atoms with Gasteiger partial charge in [-0.05, 0) is 64.1 Å². The number of hydrogen-bond donors (Lipinski definition) is 1. The number of furan rings is 1. The molecule has 178 valence electrons. The number of carbonyl (C=O) groups excluding carboxylic acids is 1. The number of carbonyl (C=O) groups is 1. The van der Waals surface area contributed by atoms with Crippen molar-refractivity contribution in [2.24, 2.45) is 0 Å². The van der Waals surface area contributed by atoms with E-state index in [0.29, 0.717) is 33.7 Å². The number of rotatable bonds is 6. The van der Waals surface area contributed by atoms with Crippen LogP contribution in [0.2, 0.25) is 0 Å². The summed E-state index contributed by atoms with van der Waals surface area (Å²) in [6, 6.07) is 9.73. The van der Waals surface area contributed by atoms with Crippen LogP contribution in [0.5, 0.6) is 0 Å². The standard InChI is InChI=1S/C24H27N5O4S/c1-14(2)29-23-21(13-25-29)20(12-22(27-23)19-11-15(3)33-16(19)4)24(30)26-17-7-9-18(10-8-17)34(31,32)28(5)6/h7-14H,1-6H3,(H,26,30). The number of nitrogens with one attached hydrogen (secondary N) is 1. The molecule has 9 nitrogen and oxygen atoms in total. The van der Waals surface area contributed by atoms with E-state index in [2.05, 4.69) is 10.4 Å². The van der Waals surface area contributed by atoms with E-state index in [4.69, 9.17) is 9.40 Å². The highest BCUT2D eigenvalue weighted by molar-refractivity contribution is 7.89. The van der Waals surface area contributed by atoms with Gasteiger partial charge in [0.25, 0.3) is 5.91 Å². The van der Waals surface area contributed by atoms with Crippen LogP contribution in [-0.2, 0) is 10.0 Å². The van der Waals surface area contributed by atoms with E-state index >= 15 is 0 Å². The van der Waals surface area contributed by atoms with Gasteiger partial charge in [-0.15, -0.1) is 0 Å². The lowest BCUT2D eigenvalue weighted by Crippen LogP contribution is -2.22. The molecule has 34 heavy (non-hydrogen) atoms. The SMILES string of the molecule is Cc1cc(-c2cc(C(=O)Nc3ccc(S(=O)(=O)N(C)C)cc3)c3cnn(C(C)C)c3n2)c(C)o1. The Morgan fingerprint density at radius 1 is 1.12 bits per heavy atom. The van der Waals surface area contributed by atoms with E-state index in [1.807, 2.05) is 33.8 Å². The molecule has 0 aliphatic heterocycles. The molecule has 0 aliphatic rings. The molecule has 3 aromatic heterocycles. The van der Waals surface area contributed by atoms with Crippen LogP contribution in [0.3, 0.4) is 0 Å². The number of anilines is 1. The predicted molar refractivity (Wildman–Crippen MR) is 130 cm³/mol. The van der Waals surface area contributed by atoms with Gasteiger partial charge in [0, 0.05) is 31.4 Å². The van der Waals surface area contributed by atoms with E-state index in [1.54, 1.807) is 29.1 Å². The van der Waals surface area contributed by atoms with Crippen molar-refractivity contribution in [3.05, 3.63) is 59.7 Å². The van der Waals surface area contributed by atoms with Crippen LogP contribution in [0, 0.1) is 13.8 Å². The van der Waals surface area contributed by atoms with E-state index in [1.165, 1.54) is 26.2 Å². The van der Waals surface area contributed by atoms with Crippen LogP contribution in [0.15, 0.2) is 51.9 Å². The highest BCUT2D eigenvalue weighted by Gasteiger charge is 2.21. The topological polar surface area (TPSA) is 110 Å². The summed E-state index contributed by atoms with van der Waals surface area (Å²) in [6.45, 7) is 7.71. The number of pyridine rings is 1. The van der Waals surface area contributed by atoms with Crippen LogP contribution in [0.25, 0.3) is 22.3 Å². The predicted octanol–water partition coefficient (Wildman–Crippen LogP) is 4.39. The first-order valence-electron chi connectivity index (χ1n) is 10.8. The summed E-state index contributed by atoms with van der Waals surface area (Å²) in [6.07, 6.45) is 1.64. The molecule has 1 aromatic carbocycles. The van der Waals surface area contributed by atoms with Crippen LogP contribution >= 0.6 is 0 Å². The molecular weight excluding hydrogens is 454 g/mol. The zero-order valence-electron chi connectivity index (χ0n) is 19.9. The molecule has 0 spiro atoms.